The summed E-state index contributed by atoms with van der Waals surface area (Å²) in [5, 5.41) is 10.4. The van der Waals surface area contributed by atoms with Crippen LogP contribution in [-0.4, -0.2) is 45.1 Å². The van der Waals surface area contributed by atoms with Crippen molar-refractivity contribution in [3.63, 3.8) is 0 Å². The monoisotopic (exact) mass is 289 g/mol. The highest BCUT2D eigenvalue weighted by molar-refractivity contribution is 7.16. The van der Waals surface area contributed by atoms with Crippen LogP contribution in [0.25, 0.3) is 10.7 Å². The van der Waals surface area contributed by atoms with Crippen molar-refractivity contribution in [3.05, 3.63) is 35.5 Å². The van der Waals surface area contributed by atoms with Gasteiger partial charge < -0.3 is 10.0 Å². The molecule has 0 spiro atoms. The molecule has 1 fully saturated rings. The largest absolute Gasteiger partial charge is 0.391 e. The van der Waals surface area contributed by atoms with Gasteiger partial charge in [0.2, 0.25) is 0 Å². The number of aliphatic hydroxyl groups excluding tert-OH is 1. The van der Waals surface area contributed by atoms with Crippen LogP contribution in [0.5, 0.6) is 0 Å². The molecule has 5 nitrogen and oxygen atoms in total. The van der Waals surface area contributed by atoms with Crippen LogP contribution in [0.2, 0.25) is 0 Å². The summed E-state index contributed by atoms with van der Waals surface area (Å²) in [7, 11) is 0. The van der Waals surface area contributed by atoms with Gasteiger partial charge in [0.15, 0.2) is 0 Å². The maximum atomic E-state index is 12.4. The van der Waals surface area contributed by atoms with E-state index in [1.165, 1.54) is 11.3 Å². The predicted octanol–water partition coefficient (Wildman–Crippen LogP) is 1.80. The minimum Gasteiger partial charge on any atom is -0.391 e. The summed E-state index contributed by atoms with van der Waals surface area (Å²) in [6.07, 6.45) is 4.51. The molecular weight excluding hydrogens is 274 g/mol. The summed E-state index contributed by atoms with van der Waals surface area (Å²) < 4.78 is 0. The smallest absolute Gasteiger partial charge is 0.265 e. The summed E-state index contributed by atoms with van der Waals surface area (Å²) in [4.78, 5) is 23.1. The fourth-order valence-electron chi connectivity index (χ4n) is 2.28. The quantitative estimate of drug-likeness (QED) is 0.915. The van der Waals surface area contributed by atoms with Gasteiger partial charge in [-0.2, -0.15) is 0 Å². The van der Waals surface area contributed by atoms with E-state index >= 15 is 0 Å². The van der Waals surface area contributed by atoms with Crippen LogP contribution in [0.4, 0.5) is 0 Å². The first-order valence-electron chi connectivity index (χ1n) is 6.58. The number of piperidine rings is 1. The summed E-state index contributed by atoms with van der Waals surface area (Å²) in [6.45, 7) is 1.11. The molecule has 20 heavy (non-hydrogen) atoms. The van der Waals surface area contributed by atoms with Crippen LogP contribution in [0.3, 0.4) is 0 Å². The Hall–Kier alpha value is -1.79. The van der Waals surface area contributed by atoms with Crippen LogP contribution < -0.4 is 0 Å². The highest BCUT2D eigenvalue weighted by Crippen LogP contribution is 2.25. The van der Waals surface area contributed by atoms with Crippen LogP contribution >= 0.6 is 11.3 Å². The zero-order valence-corrected chi connectivity index (χ0v) is 11.7. The first-order chi connectivity index (χ1) is 9.74. The molecule has 1 aliphatic rings. The number of carbonyl (C=O) groups excluding carboxylic acids is 1. The van der Waals surface area contributed by atoms with Gasteiger partial charge in [-0.25, -0.2) is 4.98 Å². The number of hydrogen-bond acceptors (Lipinski definition) is 5. The molecular formula is C14H15N3O2S. The first-order valence-corrected chi connectivity index (χ1v) is 7.40. The van der Waals surface area contributed by atoms with Crippen molar-refractivity contribution < 1.29 is 9.90 Å². The van der Waals surface area contributed by atoms with Gasteiger partial charge in [0.25, 0.3) is 5.91 Å². The molecule has 2 aromatic heterocycles. The molecule has 104 valence electrons. The van der Waals surface area contributed by atoms with Gasteiger partial charge in [-0.3, -0.25) is 9.78 Å². The van der Waals surface area contributed by atoms with Crippen molar-refractivity contribution in [2.24, 2.45) is 0 Å². The second-order valence-electron chi connectivity index (χ2n) is 4.79. The van der Waals surface area contributed by atoms with E-state index in [9.17, 15) is 9.90 Å². The molecule has 1 amide bonds. The number of aliphatic hydroxyl groups is 1. The fourth-order valence-corrected chi connectivity index (χ4v) is 3.14. The minimum atomic E-state index is -0.407. The van der Waals surface area contributed by atoms with Gasteiger partial charge in [-0.05, 0) is 25.0 Å². The third kappa shape index (κ3) is 2.71. The molecule has 6 heteroatoms. The van der Waals surface area contributed by atoms with Gasteiger partial charge in [0.1, 0.15) is 9.88 Å². The Morgan fingerprint density at radius 1 is 1.40 bits per heavy atom. The fraction of sp³-hybridized carbons (Fsp3) is 0.357. The number of likely N-dealkylation sites (tertiary alicyclic amines) is 1. The summed E-state index contributed by atoms with van der Waals surface area (Å²) in [5.41, 5.74) is 0.773. The topological polar surface area (TPSA) is 66.3 Å². The Bertz CT molecular complexity index is 599. The van der Waals surface area contributed by atoms with Crippen molar-refractivity contribution in [1.82, 2.24) is 14.9 Å². The SMILES string of the molecule is O=C(c1cnc(-c2ccccn2)s1)N1CCCC(O)C1. The third-order valence-corrected chi connectivity index (χ3v) is 4.29. The number of hydrogen-bond donors (Lipinski definition) is 1. The predicted molar refractivity (Wildman–Crippen MR) is 76.5 cm³/mol. The third-order valence-electron chi connectivity index (χ3n) is 3.28. The molecule has 3 heterocycles. The number of β-amino-alcohol motifs (C(OH)–C–C–N with tert-alkyl or cyclic N) is 1. The lowest BCUT2D eigenvalue weighted by Gasteiger charge is -2.29. The molecule has 0 aliphatic carbocycles. The van der Waals surface area contributed by atoms with Gasteiger partial charge in [-0.1, -0.05) is 6.07 Å². The average molecular weight is 289 g/mol. The van der Waals surface area contributed by atoms with Gasteiger partial charge in [-0.15, -0.1) is 11.3 Å². The van der Waals surface area contributed by atoms with E-state index in [-0.39, 0.29) is 5.91 Å². The van der Waals surface area contributed by atoms with Crippen molar-refractivity contribution >= 4 is 17.2 Å². The van der Waals surface area contributed by atoms with Gasteiger partial charge in [0.05, 0.1) is 18.0 Å². The molecule has 0 saturated carbocycles. The number of aromatic nitrogens is 2. The lowest BCUT2D eigenvalue weighted by atomic mass is 10.1. The molecule has 1 unspecified atom stereocenters. The van der Waals surface area contributed by atoms with Crippen LogP contribution in [0, 0.1) is 0 Å². The lowest BCUT2D eigenvalue weighted by molar-refractivity contribution is 0.0477. The molecule has 0 bridgehead atoms. The molecule has 2 aromatic rings. The van der Waals surface area contributed by atoms with Crippen molar-refractivity contribution in [3.8, 4) is 10.7 Å². The standard InChI is InChI=1S/C14H15N3O2S/c18-10-4-3-7-17(9-10)14(19)12-8-16-13(20-12)11-5-1-2-6-15-11/h1-2,5-6,8,10,18H,3-4,7,9H2. The van der Waals surface area contributed by atoms with Gasteiger partial charge in [0, 0.05) is 19.3 Å². The van der Waals surface area contributed by atoms with E-state index in [0.717, 1.165) is 23.5 Å². The van der Waals surface area contributed by atoms with Crippen LogP contribution in [0.15, 0.2) is 30.6 Å². The number of nitrogens with zero attached hydrogens (tertiary/aromatic N) is 3. The van der Waals surface area contributed by atoms with Crippen molar-refractivity contribution in [1.29, 1.82) is 0 Å². The van der Waals surface area contributed by atoms with Gasteiger partial charge >= 0.3 is 0 Å². The molecule has 1 atom stereocenters. The minimum absolute atomic E-state index is 0.0524. The lowest BCUT2D eigenvalue weighted by Crippen LogP contribution is -2.41. The van der Waals surface area contributed by atoms with E-state index in [2.05, 4.69) is 9.97 Å². The Kier molecular flexibility index (Phi) is 3.75. The number of pyridine rings is 1. The highest BCUT2D eigenvalue weighted by atomic mass is 32.1. The van der Waals surface area contributed by atoms with Crippen molar-refractivity contribution in [2.75, 3.05) is 13.1 Å². The highest BCUT2D eigenvalue weighted by Gasteiger charge is 2.24. The Morgan fingerprint density at radius 3 is 3.05 bits per heavy atom. The number of rotatable bonds is 2. The normalized spacial score (nSPS) is 19.1. The molecule has 1 aliphatic heterocycles. The zero-order chi connectivity index (χ0) is 13.9. The number of carbonyl (C=O) groups is 1. The molecule has 0 radical (unpaired) electrons. The van der Waals surface area contributed by atoms with E-state index in [1.807, 2.05) is 18.2 Å². The van der Waals surface area contributed by atoms with Crippen LogP contribution in [-0.2, 0) is 0 Å². The average Bonchev–Trinajstić information content (AvgIpc) is 2.97. The zero-order valence-electron chi connectivity index (χ0n) is 10.9. The number of thiazole rings is 1. The second-order valence-corrected chi connectivity index (χ2v) is 5.82. The van der Waals surface area contributed by atoms with E-state index in [1.54, 1.807) is 17.3 Å². The maximum Gasteiger partial charge on any atom is 0.265 e. The van der Waals surface area contributed by atoms with Crippen LogP contribution in [0.1, 0.15) is 22.5 Å². The number of amides is 1. The molecule has 3 rings (SSSR count). The second kappa shape index (κ2) is 5.68. The molecule has 0 aromatic carbocycles. The summed E-state index contributed by atoms with van der Waals surface area (Å²) in [5.74, 6) is -0.0524. The summed E-state index contributed by atoms with van der Waals surface area (Å²) in [6, 6.07) is 5.61. The Labute approximate surface area is 120 Å². The summed E-state index contributed by atoms with van der Waals surface area (Å²) >= 11 is 1.34. The van der Waals surface area contributed by atoms with E-state index < -0.39 is 6.10 Å². The van der Waals surface area contributed by atoms with E-state index in [0.29, 0.717) is 18.0 Å². The molecule has 1 saturated heterocycles. The Morgan fingerprint density at radius 2 is 2.30 bits per heavy atom. The van der Waals surface area contributed by atoms with Crippen molar-refractivity contribution in [2.45, 2.75) is 18.9 Å². The van der Waals surface area contributed by atoms with E-state index in [4.69, 9.17) is 0 Å². The maximum absolute atomic E-state index is 12.4. The first kappa shape index (κ1) is 13.2. The molecule has 1 N–H and O–H groups in total. The Balaban J connectivity index is 1.78.